The molecule has 0 spiro atoms. The highest BCUT2D eigenvalue weighted by molar-refractivity contribution is 5.60. The second-order valence-corrected chi connectivity index (χ2v) is 7.59. The van der Waals surface area contributed by atoms with Gasteiger partial charge in [-0.25, -0.2) is 0 Å². The van der Waals surface area contributed by atoms with Crippen molar-refractivity contribution in [2.24, 2.45) is 5.92 Å². The molecule has 1 aliphatic rings. The lowest BCUT2D eigenvalue weighted by atomic mass is 9.97. The van der Waals surface area contributed by atoms with Crippen LogP contribution in [-0.2, 0) is 11.3 Å². The number of hydrogen-bond acceptors (Lipinski definition) is 6. The number of benzene rings is 2. The van der Waals surface area contributed by atoms with E-state index in [0.29, 0.717) is 6.54 Å². The average molecular weight is 406 g/mol. The third kappa shape index (κ3) is 3.68. The molecule has 1 saturated heterocycles. The van der Waals surface area contributed by atoms with Gasteiger partial charge < -0.3 is 14.3 Å². The van der Waals surface area contributed by atoms with Crippen LogP contribution in [0.3, 0.4) is 0 Å². The number of rotatable bonds is 7. The van der Waals surface area contributed by atoms with Gasteiger partial charge in [-0.1, -0.05) is 25.1 Å². The van der Waals surface area contributed by atoms with Crippen LogP contribution in [0.15, 0.2) is 54.9 Å². The Hall–Kier alpha value is -3.19. The Balaban J connectivity index is 1.72. The molecule has 0 N–H and O–H groups in total. The summed E-state index contributed by atoms with van der Waals surface area (Å²) in [5, 5.41) is 8.43. The Bertz CT molecular complexity index is 983. The zero-order valence-electron chi connectivity index (χ0n) is 17.4. The molecule has 0 saturated carbocycles. The monoisotopic (exact) mass is 406 g/mol. The number of methoxy groups -OCH3 is 2. The first-order chi connectivity index (χ1) is 14.7. The van der Waals surface area contributed by atoms with E-state index in [4.69, 9.17) is 9.47 Å². The van der Waals surface area contributed by atoms with Crippen molar-refractivity contribution in [1.82, 2.24) is 19.9 Å². The van der Waals surface area contributed by atoms with Gasteiger partial charge in [0, 0.05) is 12.6 Å². The SMILES string of the molecule is COc1cccc(OC)c1C1CC(C)C(C=O)N1Cc1cccc(-n2nccn2)c1. The molecule has 0 radical (unpaired) electrons. The van der Waals surface area contributed by atoms with Crippen LogP contribution in [-0.4, -0.2) is 46.4 Å². The molecule has 2 aromatic carbocycles. The van der Waals surface area contributed by atoms with Crippen LogP contribution < -0.4 is 9.47 Å². The smallest absolute Gasteiger partial charge is 0.137 e. The normalized spacial score (nSPS) is 21.5. The van der Waals surface area contributed by atoms with Gasteiger partial charge >= 0.3 is 0 Å². The molecule has 1 aromatic heterocycles. The van der Waals surface area contributed by atoms with E-state index in [2.05, 4.69) is 34.2 Å². The van der Waals surface area contributed by atoms with Gasteiger partial charge in [0.1, 0.15) is 17.8 Å². The summed E-state index contributed by atoms with van der Waals surface area (Å²) in [5.41, 5.74) is 2.96. The van der Waals surface area contributed by atoms with Gasteiger partial charge in [-0.05, 0) is 42.2 Å². The molecule has 3 atom stereocenters. The lowest BCUT2D eigenvalue weighted by molar-refractivity contribution is -0.113. The van der Waals surface area contributed by atoms with Crippen molar-refractivity contribution in [3.8, 4) is 17.2 Å². The first kappa shape index (κ1) is 20.1. The number of nitrogens with zero attached hydrogens (tertiary/aromatic N) is 4. The number of ether oxygens (including phenoxy) is 2. The molecule has 156 valence electrons. The highest BCUT2D eigenvalue weighted by Crippen LogP contribution is 2.46. The standard InChI is InChI=1S/C23H26N4O3/c1-16-12-19(23-21(29-2)8-5-9-22(23)30-3)26(20(16)15-28)14-17-6-4-7-18(13-17)27-24-10-11-25-27/h4-11,13,15-16,19-20H,12,14H2,1-3H3. The molecule has 0 amide bonds. The Kier molecular flexibility index (Phi) is 5.81. The van der Waals surface area contributed by atoms with Crippen LogP contribution in [0.5, 0.6) is 11.5 Å². The second kappa shape index (κ2) is 8.67. The molecule has 3 unspecified atom stereocenters. The zero-order chi connectivity index (χ0) is 21.1. The summed E-state index contributed by atoms with van der Waals surface area (Å²) in [5.74, 6) is 1.77. The number of aldehydes is 1. The lowest BCUT2D eigenvalue weighted by Crippen LogP contribution is -2.34. The van der Waals surface area contributed by atoms with Crippen molar-refractivity contribution >= 4 is 6.29 Å². The van der Waals surface area contributed by atoms with Gasteiger partial charge in [0.25, 0.3) is 0 Å². The summed E-state index contributed by atoms with van der Waals surface area (Å²) in [6, 6.07) is 13.7. The molecular weight excluding hydrogens is 380 g/mol. The predicted molar refractivity (Wildman–Crippen MR) is 113 cm³/mol. The molecule has 7 heteroatoms. The summed E-state index contributed by atoms with van der Waals surface area (Å²) < 4.78 is 11.3. The summed E-state index contributed by atoms with van der Waals surface area (Å²) in [6.07, 6.45) is 5.22. The largest absolute Gasteiger partial charge is 0.496 e. The first-order valence-electron chi connectivity index (χ1n) is 10.0. The molecule has 30 heavy (non-hydrogen) atoms. The van der Waals surface area contributed by atoms with Crippen molar-refractivity contribution in [2.75, 3.05) is 14.2 Å². The number of carbonyl (C=O) groups excluding carboxylic acids is 1. The average Bonchev–Trinajstić information content (AvgIpc) is 3.41. The fourth-order valence-electron chi connectivity index (χ4n) is 4.42. The molecule has 1 fully saturated rings. The van der Waals surface area contributed by atoms with Gasteiger partial charge in [-0.3, -0.25) is 4.90 Å². The Morgan fingerprint density at radius 1 is 1.07 bits per heavy atom. The first-order valence-corrected chi connectivity index (χ1v) is 10.0. The van der Waals surface area contributed by atoms with Gasteiger partial charge in [0.15, 0.2) is 0 Å². The molecule has 0 bridgehead atoms. The van der Waals surface area contributed by atoms with Crippen LogP contribution >= 0.6 is 0 Å². The van der Waals surface area contributed by atoms with Gasteiger partial charge in [0.05, 0.1) is 43.9 Å². The molecule has 0 aliphatic carbocycles. The summed E-state index contributed by atoms with van der Waals surface area (Å²) >= 11 is 0. The maximum Gasteiger partial charge on any atom is 0.137 e. The van der Waals surface area contributed by atoms with Crippen LogP contribution in [0, 0.1) is 5.92 Å². The second-order valence-electron chi connectivity index (χ2n) is 7.59. The highest BCUT2D eigenvalue weighted by atomic mass is 16.5. The number of hydrogen-bond donors (Lipinski definition) is 0. The van der Waals surface area contributed by atoms with E-state index in [-0.39, 0.29) is 18.0 Å². The van der Waals surface area contributed by atoms with E-state index in [1.54, 1.807) is 31.4 Å². The molecule has 3 aromatic rings. The third-order valence-electron chi connectivity index (χ3n) is 5.83. The fraction of sp³-hybridized carbons (Fsp3) is 0.348. The minimum atomic E-state index is -0.184. The van der Waals surface area contributed by atoms with Crippen LogP contribution in [0.1, 0.15) is 30.5 Å². The minimum absolute atomic E-state index is 0.00721. The minimum Gasteiger partial charge on any atom is -0.496 e. The van der Waals surface area contributed by atoms with Gasteiger partial charge in [0.2, 0.25) is 0 Å². The Morgan fingerprint density at radius 3 is 2.37 bits per heavy atom. The van der Waals surface area contributed by atoms with Crippen molar-refractivity contribution < 1.29 is 14.3 Å². The van der Waals surface area contributed by atoms with Crippen LogP contribution in [0.4, 0.5) is 0 Å². The maximum atomic E-state index is 12.0. The number of aromatic nitrogens is 3. The van der Waals surface area contributed by atoms with Crippen molar-refractivity contribution in [1.29, 1.82) is 0 Å². The van der Waals surface area contributed by atoms with Crippen molar-refractivity contribution in [2.45, 2.75) is 32.0 Å². The Morgan fingerprint density at radius 2 is 1.73 bits per heavy atom. The van der Waals surface area contributed by atoms with E-state index >= 15 is 0 Å². The van der Waals surface area contributed by atoms with E-state index in [9.17, 15) is 4.79 Å². The summed E-state index contributed by atoms with van der Waals surface area (Å²) in [4.78, 5) is 15.9. The predicted octanol–water partition coefficient (Wildman–Crippen LogP) is 3.44. The fourth-order valence-corrected chi connectivity index (χ4v) is 4.42. The third-order valence-corrected chi connectivity index (χ3v) is 5.83. The zero-order valence-corrected chi connectivity index (χ0v) is 17.4. The summed E-state index contributed by atoms with van der Waals surface area (Å²) in [6.45, 7) is 2.74. The molecule has 2 heterocycles. The van der Waals surface area contributed by atoms with E-state index in [0.717, 1.165) is 41.0 Å². The van der Waals surface area contributed by atoms with Crippen molar-refractivity contribution in [3.63, 3.8) is 0 Å². The topological polar surface area (TPSA) is 69.5 Å². The van der Waals surface area contributed by atoms with Gasteiger partial charge in [-0.15, -0.1) is 0 Å². The molecule has 4 rings (SSSR count). The molecule has 7 nitrogen and oxygen atoms in total. The lowest BCUT2D eigenvalue weighted by Gasteiger charge is -2.30. The van der Waals surface area contributed by atoms with E-state index in [1.807, 2.05) is 30.3 Å². The highest BCUT2D eigenvalue weighted by Gasteiger charge is 2.41. The van der Waals surface area contributed by atoms with Crippen LogP contribution in [0.2, 0.25) is 0 Å². The number of likely N-dealkylation sites (tertiary alicyclic amines) is 1. The van der Waals surface area contributed by atoms with E-state index < -0.39 is 0 Å². The quantitative estimate of drug-likeness (QED) is 0.560. The maximum absolute atomic E-state index is 12.0. The van der Waals surface area contributed by atoms with Crippen molar-refractivity contribution in [3.05, 3.63) is 66.0 Å². The van der Waals surface area contributed by atoms with E-state index in [1.165, 1.54) is 0 Å². The molecular formula is C23H26N4O3. The van der Waals surface area contributed by atoms with Gasteiger partial charge in [-0.2, -0.15) is 15.0 Å². The van der Waals surface area contributed by atoms with Crippen LogP contribution in [0.25, 0.3) is 5.69 Å². The summed E-state index contributed by atoms with van der Waals surface area (Å²) in [7, 11) is 3.33. The number of carbonyl (C=O) groups is 1. The molecule has 1 aliphatic heterocycles. The Labute approximate surface area is 176 Å².